The lowest BCUT2D eigenvalue weighted by Gasteiger charge is -2.10. The molecule has 68 valence electrons. The van der Waals surface area contributed by atoms with E-state index in [9.17, 15) is 8.42 Å². The van der Waals surface area contributed by atoms with Crippen LogP contribution >= 0.6 is 0 Å². The van der Waals surface area contributed by atoms with Crippen molar-refractivity contribution < 1.29 is 8.42 Å². The van der Waals surface area contributed by atoms with Crippen LogP contribution in [0.4, 0.5) is 0 Å². The fraction of sp³-hybridized carbons (Fsp3) is 1.00. The van der Waals surface area contributed by atoms with Crippen molar-refractivity contribution in [2.75, 3.05) is 11.5 Å². The Balaban J connectivity index is 4.01. The van der Waals surface area contributed by atoms with Gasteiger partial charge in [0.15, 0.2) is 0 Å². The fourth-order valence-corrected chi connectivity index (χ4v) is 2.43. The summed E-state index contributed by atoms with van der Waals surface area (Å²) in [6, 6.07) is 0. The Labute approximate surface area is 69.9 Å². The highest BCUT2D eigenvalue weighted by atomic mass is 32.2. The molecular formula is C8H18O2S. The summed E-state index contributed by atoms with van der Waals surface area (Å²) in [6.45, 7) is 5.79. The lowest BCUT2D eigenvalue weighted by Crippen LogP contribution is -2.16. The topological polar surface area (TPSA) is 34.1 Å². The molecule has 0 fully saturated rings. The highest BCUT2D eigenvalue weighted by Gasteiger charge is 2.13. The van der Waals surface area contributed by atoms with Gasteiger partial charge in [0.2, 0.25) is 0 Å². The first-order valence-electron chi connectivity index (χ1n) is 4.26. The third kappa shape index (κ3) is 4.40. The summed E-state index contributed by atoms with van der Waals surface area (Å²) < 4.78 is 22.3. The quantitative estimate of drug-likeness (QED) is 0.644. The maximum Gasteiger partial charge on any atom is 0.150 e. The SMILES string of the molecule is CCC(CC)CS(=O)(=O)CC. The molecule has 3 heteroatoms. The summed E-state index contributed by atoms with van der Waals surface area (Å²) in [5.74, 6) is 1.01. The number of hydrogen-bond acceptors (Lipinski definition) is 2. The Hall–Kier alpha value is -0.0500. The van der Waals surface area contributed by atoms with E-state index in [0.717, 1.165) is 12.8 Å². The second-order valence-electron chi connectivity index (χ2n) is 2.88. The Kier molecular flexibility index (Phi) is 4.73. The molecule has 0 amide bonds. The van der Waals surface area contributed by atoms with Crippen LogP contribution < -0.4 is 0 Å². The predicted octanol–water partition coefficient (Wildman–Crippen LogP) is 1.86. The van der Waals surface area contributed by atoms with Gasteiger partial charge in [-0.2, -0.15) is 0 Å². The first-order chi connectivity index (χ1) is 5.05. The van der Waals surface area contributed by atoms with Gasteiger partial charge in [0.25, 0.3) is 0 Å². The van der Waals surface area contributed by atoms with E-state index in [4.69, 9.17) is 0 Å². The van der Waals surface area contributed by atoms with Gasteiger partial charge in [0, 0.05) is 5.75 Å². The Morgan fingerprint density at radius 1 is 1.09 bits per heavy atom. The third-order valence-corrected chi connectivity index (χ3v) is 3.94. The van der Waals surface area contributed by atoms with Crippen LogP contribution in [0, 0.1) is 5.92 Å². The molecule has 0 aromatic carbocycles. The van der Waals surface area contributed by atoms with E-state index in [-0.39, 0.29) is 5.75 Å². The van der Waals surface area contributed by atoms with Gasteiger partial charge in [-0.25, -0.2) is 8.42 Å². The zero-order valence-corrected chi connectivity index (χ0v) is 8.45. The zero-order valence-electron chi connectivity index (χ0n) is 7.63. The fourth-order valence-electron chi connectivity index (χ4n) is 1.00. The summed E-state index contributed by atoms with van der Waals surface area (Å²) in [4.78, 5) is 0. The van der Waals surface area contributed by atoms with Gasteiger partial charge in [-0.05, 0) is 5.92 Å². The lowest BCUT2D eigenvalue weighted by atomic mass is 10.1. The maximum atomic E-state index is 11.1. The van der Waals surface area contributed by atoms with E-state index >= 15 is 0 Å². The summed E-state index contributed by atoms with van der Waals surface area (Å²) >= 11 is 0. The molecule has 0 aliphatic heterocycles. The molecule has 0 heterocycles. The van der Waals surface area contributed by atoms with E-state index < -0.39 is 9.84 Å². The minimum absolute atomic E-state index is 0.281. The van der Waals surface area contributed by atoms with Gasteiger partial charge in [-0.3, -0.25) is 0 Å². The van der Waals surface area contributed by atoms with Crippen LogP contribution in [-0.2, 0) is 9.84 Å². The second kappa shape index (κ2) is 4.75. The van der Waals surface area contributed by atoms with Crippen molar-refractivity contribution in [3.8, 4) is 0 Å². The van der Waals surface area contributed by atoms with Crippen LogP contribution in [0.15, 0.2) is 0 Å². The number of hydrogen-bond donors (Lipinski definition) is 0. The summed E-state index contributed by atoms with van der Waals surface area (Å²) in [5, 5.41) is 0. The van der Waals surface area contributed by atoms with Gasteiger partial charge in [0.05, 0.1) is 5.75 Å². The average molecular weight is 178 g/mol. The van der Waals surface area contributed by atoms with Crippen LogP contribution in [0.25, 0.3) is 0 Å². The molecule has 0 aliphatic rings. The molecule has 0 bridgehead atoms. The smallest absolute Gasteiger partial charge is 0.150 e. The van der Waals surface area contributed by atoms with Crippen molar-refractivity contribution >= 4 is 9.84 Å². The zero-order chi connectivity index (χ0) is 8.91. The predicted molar refractivity (Wildman–Crippen MR) is 48.4 cm³/mol. The summed E-state index contributed by atoms with van der Waals surface area (Å²) in [7, 11) is -2.74. The lowest BCUT2D eigenvalue weighted by molar-refractivity contribution is 0.524. The molecule has 2 nitrogen and oxygen atoms in total. The van der Waals surface area contributed by atoms with Gasteiger partial charge in [0.1, 0.15) is 9.84 Å². The van der Waals surface area contributed by atoms with Crippen LogP contribution in [0.5, 0.6) is 0 Å². The molecule has 11 heavy (non-hydrogen) atoms. The Morgan fingerprint density at radius 3 is 1.82 bits per heavy atom. The van der Waals surface area contributed by atoms with E-state index in [2.05, 4.69) is 0 Å². The normalized spacial score (nSPS) is 12.4. The maximum absolute atomic E-state index is 11.1. The molecule has 0 aliphatic carbocycles. The summed E-state index contributed by atoms with van der Waals surface area (Å²) in [5.41, 5.74) is 0. The average Bonchev–Trinajstić information content (AvgIpc) is 2.00. The molecule has 0 aromatic rings. The highest BCUT2D eigenvalue weighted by Crippen LogP contribution is 2.10. The molecule has 0 saturated heterocycles. The van der Waals surface area contributed by atoms with Crippen LogP contribution in [0.2, 0.25) is 0 Å². The molecule has 0 rings (SSSR count). The largest absolute Gasteiger partial charge is 0.229 e. The first-order valence-corrected chi connectivity index (χ1v) is 6.08. The van der Waals surface area contributed by atoms with Crippen LogP contribution in [0.3, 0.4) is 0 Å². The Morgan fingerprint density at radius 2 is 1.55 bits per heavy atom. The van der Waals surface area contributed by atoms with Gasteiger partial charge >= 0.3 is 0 Å². The van der Waals surface area contributed by atoms with Crippen molar-refractivity contribution in [3.05, 3.63) is 0 Å². The molecule has 0 saturated carbocycles. The van der Waals surface area contributed by atoms with E-state index in [1.54, 1.807) is 6.92 Å². The standard InChI is InChI=1S/C8H18O2S/c1-4-8(5-2)7-11(9,10)6-3/h8H,4-7H2,1-3H3. The Bertz CT molecular complexity index is 178. The molecule has 0 aromatic heterocycles. The van der Waals surface area contributed by atoms with Crippen molar-refractivity contribution in [1.82, 2.24) is 0 Å². The van der Waals surface area contributed by atoms with Crippen molar-refractivity contribution in [3.63, 3.8) is 0 Å². The third-order valence-electron chi connectivity index (χ3n) is 2.08. The van der Waals surface area contributed by atoms with E-state index in [1.807, 2.05) is 13.8 Å². The first kappa shape index (κ1) is 11.0. The van der Waals surface area contributed by atoms with Crippen LogP contribution in [-0.4, -0.2) is 19.9 Å². The molecule has 0 radical (unpaired) electrons. The van der Waals surface area contributed by atoms with Gasteiger partial charge in [-0.1, -0.05) is 33.6 Å². The molecule has 0 atom stereocenters. The van der Waals surface area contributed by atoms with E-state index in [0.29, 0.717) is 11.7 Å². The molecule has 0 N–H and O–H groups in total. The van der Waals surface area contributed by atoms with E-state index in [1.165, 1.54) is 0 Å². The monoisotopic (exact) mass is 178 g/mol. The van der Waals surface area contributed by atoms with Gasteiger partial charge < -0.3 is 0 Å². The molecule has 0 unspecified atom stereocenters. The van der Waals surface area contributed by atoms with Crippen molar-refractivity contribution in [1.29, 1.82) is 0 Å². The van der Waals surface area contributed by atoms with Crippen LogP contribution in [0.1, 0.15) is 33.6 Å². The van der Waals surface area contributed by atoms with Gasteiger partial charge in [-0.15, -0.1) is 0 Å². The molecular weight excluding hydrogens is 160 g/mol. The van der Waals surface area contributed by atoms with Crippen molar-refractivity contribution in [2.24, 2.45) is 5.92 Å². The second-order valence-corrected chi connectivity index (χ2v) is 5.28. The minimum Gasteiger partial charge on any atom is -0.229 e. The number of rotatable bonds is 5. The minimum atomic E-state index is -2.74. The highest BCUT2D eigenvalue weighted by molar-refractivity contribution is 7.91. The summed E-state index contributed by atoms with van der Waals surface area (Å²) in [6.07, 6.45) is 1.94. The number of sulfone groups is 1. The van der Waals surface area contributed by atoms with Crippen molar-refractivity contribution in [2.45, 2.75) is 33.6 Å². The molecule has 0 spiro atoms.